The first-order valence-electron chi connectivity index (χ1n) is 9.30. The zero-order valence-corrected chi connectivity index (χ0v) is 17.2. The largest absolute Gasteiger partial charge is 0.457 e. The van der Waals surface area contributed by atoms with Gasteiger partial charge in [0, 0.05) is 25.7 Å². The van der Waals surface area contributed by atoms with Gasteiger partial charge in [-0.2, -0.15) is 13.2 Å². The summed E-state index contributed by atoms with van der Waals surface area (Å²) in [5.74, 6) is 0.793. The fraction of sp³-hybridized carbons (Fsp3) is 0.381. The molecule has 0 aromatic heterocycles. The average Bonchev–Trinajstić information content (AvgIpc) is 2.64. The van der Waals surface area contributed by atoms with Crippen LogP contribution in [0, 0.1) is 0 Å². The number of hydrogen-bond acceptors (Lipinski definition) is 3. The van der Waals surface area contributed by atoms with Crippen LogP contribution in [0.2, 0.25) is 0 Å². The highest BCUT2D eigenvalue weighted by Gasteiger charge is 2.30. The molecule has 0 radical (unpaired) electrons. The predicted molar refractivity (Wildman–Crippen MR) is 106 cm³/mol. The molecule has 2 aromatic carbocycles. The maximum absolute atomic E-state index is 12.7. The van der Waals surface area contributed by atoms with Crippen LogP contribution in [-0.4, -0.2) is 36.8 Å². The Kier molecular flexibility index (Phi) is 6.08. The minimum Gasteiger partial charge on any atom is -0.457 e. The fourth-order valence-electron chi connectivity index (χ4n) is 3.18. The van der Waals surface area contributed by atoms with E-state index < -0.39 is 18.9 Å². The van der Waals surface area contributed by atoms with Crippen LogP contribution in [0.15, 0.2) is 42.5 Å². The molecule has 0 aliphatic carbocycles. The lowest BCUT2D eigenvalue weighted by molar-refractivity contribution is -0.137. The van der Waals surface area contributed by atoms with Crippen molar-refractivity contribution in [3.8, 4) is 11.5 Å². The maximum Gasteiger partial charge on any atom is 0.416 e. The Morgan fingerprint density at radius 3 is 2.34 bits per heavy atom. The fourth-order valence-corrected chi connectivity index (χ4v) is 3.91. The van der Waals surface area contributed by atoms with Gasteiger partial charge in [-0.05, 0) is 67.3 Å². The topological polar surface area (TPSA) is 46.6 Å². The number of carbonyl (C=O) groups is 1. The summed E-state index contributed by atoms with van der Waals surface area (Å²) in [7, 11) is -2.24. The number of rotatable bonds is 5. The SMILES string of the molecule is CP(C)(=O)CCC(=O)N1CCc2ccc(Oc3ccc(C(F)(F)F)cc3)cc2C1. The summed E-state index contributed by atoms with van der Waals surface area (Å²) in [5.41, 5.74) is 1.34. The van der Waals surface area contributed by atoms with E-state index >= 15 is 0 Å². The molecule has 8 heteroatoms. The van der Waals surface area contributed by atoms with Crippen molar-refractivity contribution in [3.05, 3.63) is 59.2 Å². The van der Waals surface area contributed by atoms with Crippen LogP contribution in [0.4, 0.5) is 13.2 Å². The molecule has 1 amide bonds. The predicted octanol–water partition coefficient (Wildman–Crippen LogP) is 5.40. The molecule has 0 spiro atoms. The van der Waals surface area contributed by atoms with Crippen LogP contribution < -0.4 is 4.74 Å². The lowest BCUT2D eigenvalue weighted by atomic mass is 9.99. The van der Waals surface area contributed by atoms with Crippen LogP contribution >= 0.6 is 7.14 Å². The van der Waals surface area contributed by atoms with Gasteiger partial charge in [-0.25, -0.2) is 0 Å². The van der Waals surface area contributed by atoms with Crippen molar-refractivity contribution in [2.24, 2.45) is 0 Å². The molecule has 0 atom stereocenters. The van der Waals surface area contributed by atoms with Gasteiger partial charge in [-0.15, -0.1) is 0 Å². The van der Waals surface area contributed by atoms with E-state index in [4.69, 9.17) is 4.74 Å². The molecular formula is C21H23F3NO3P. The van der Waals surface area contributed by atoms with Crippen molar-refractivity contribution >= 4 is 13.0 Å². The molecule has 0 fully saturated rings. The minimum atomic E-state index is -4.39. The van der Waals surface area contributed by atoms with E-state index in [0.29, 0.717) is 30.8 Å². The van der Waals surface area contributed by atoms with Crippen molar-refractivity contribution in [2.45, 2.75) is 25.6 Å². The van der Waals surface area contributed by atoms with E-state index in [9.17, 15) is 22.5 Å². The number of nitrogens with zero attached hydrogens (tertiary/aromatic N) is 1. The monoisotopic (exact) mass is 425 g/mol. The standard InChI is InChI=1S/C21H23F3NO3P/c1-29(2,27)12-10-20(26)25-11-9-15-3-6-19(13-16(15)14-25)28-18-7-4-17(5-8-18)21(22,23)24/h3-8,13H,9-12,14H2,1-2H3. The molecule has 3 rings (SSSR count). The Balaban J connectivity index is 1.68. The first-order valence-corrected chi connectivity index (χ1v) is 12.1. The van der Waals surface area contributed by atoms with E-state index in [0.717, 1.165) is 29.7 Å². The lowest BCUT2D eigenvalue weighted by Crippen LogP contribution is -2.36. The quantitative estimate of drug-likeness (QED) is 0.603. The highest BCUT2D eigenvalue weighted by molar-refractivity contribution is 7.62. The number of amides is 1. The summed E-state index contributed by atoms with van der Waals surface area (Å²) in [6.07, 6.45) is -3.01. The number of benzene rings is 2. The third-order valence-corrected chi connectivity index (χ3v) is 6.12. The molecule has 0 N–H and O–H groups in total. The Morgan fingerprint density at radius 1 is 1.07 bits per heavy atom. The number of ether oxygens (including phenoxy) is 1. The van der Waals surface area contributed by atoms with Gasteiger partial charge in [0.2, 0.25) is 5.91 Å². The van der Waals surface area contributed by atoms with Crippen molar-refractivity contribution in [2.75, 3.05) is 26.0 Å². The molecule has 1 heterocycles. The molecule has 0 saturated heterocycles. The summed E-state index contributed by atoms with van der Waals surface area (Å²) in [6.45, 7) is 4.41. The van der Waals surface area contributed by atoms with Gasteiger partial charge in [-0.1, -0.05) is 6.07 Å². The molecule has 2 aromatic rings. The van der Waals surface area contributed by atoms with E-state index in [1.807, 2.05) is 12.1 Å². The van der Waals surface area contributed by atoms with Crippen LogP contribution in [0.3, 0.4) is 0 Å². The second kappa shape index (κ2) is 8.23. The maximum atomic E-state index is 12.7. The molecule has 0 unspecified atom stereocenters. The van der Waals surface area contributed by atoms with E-state index in [-0.39, 0.29) is 12.3 Å². The number of hydrogen-bond donors (Lipinski definition) is 0. The average molecular weight is 425 g/mol. The zero-order valence-electron chi connectivity index (χ0n) is 16.3. The number of halogens is 3. The highest BCUT2D eigenvalue weighted by atomic mass is 31.2. The molecule has 0 saturated carbocycles. The Labute approximate surface area is 168 Å². The Hall–Kier alpha value is -2.27. The van der Waals surface area contributed by atoms with Gasteiger partial charge < -0.3 is 14.2 Å². The molecular weight excluding hydrogens is 402 g/mol. The van der Waals surface area contributed by atoms with Gasteiger partial charge in [0.15, 0.2) is 0 Å². The van der Waals surface area contributed by atoms with Crippen LogP contribution in [0.5, 0.6) is 11.5 Å². The van der Waals surface area contributed by atoms with Crippen molar-refractivity contribution in [1.29, 1.82) is 0 Å². The summed E-state index contributed by atoms with van der Waals surface area (Å²) in [4.78, 5) is 14.2. The zero-order chi connectivity index (χ0) is 21.2. The minimum absolute atomic E-state index is 0.0198. The first kappa shape index (κ1) is 21.4. The summed E-state index contributed by atoms with van der Waals surface area (Å²) < 4.78 is 55.5. The Bertz CT molecular complexity index is 935. The summed E-state index contributed by atoms with van der Waals surface area (Å²) in [6, 6.07) is 10.0. The van der Waals surface area contributed by atoms with Crippen LogP contribution in [0.1, 0.15) is 23.1 Å². The molecule has 4 nitrogen and oxygen atoms in total. The number of carbonyl (C=O) groups excluding carboxylic acids is 1. The van der Waals surface area contributed by atoms with Gasteiger partial charge in [-0.3, -0.25) is 4.79 Å². The van der Waals surface area contributed by atoms with E-state index in [1.54, 1.807) is 24.3 Å². The van der Waals surface area contributed by atoms with Gasteiger partial charge in [0.25, 0.3) is 0 Å². The van der Waals surface area contributed by atoms with E-state index in [1.165, 1.54) is 12.1 Å². The molecule has 1 aliphatic heterocycles. The molecule has 29 heavy (non-hydrogen) atoms. The number of fused-ring (bicyclic) bond motifs is 1. The molecule has 0 bridgehead atoms. The first-order chi connectivity index (χ1) is 13.5. The van der Waals surface area contributed by atoms with Crippen LogP contribution in [-0.2, 0) is 28.5 Å². The molecule has 1 aliphatic rings. The van der Waals surface area contributed by atoms with Crippen molar-refractivity contribution in [1.82, 2.24) is 4.90 Å². The highest BCUT2D eigenvalue weighted by Crippen LogP contribution is 2.37. The normalized spacial score (nSPS) is 14.4. The third kappa shape index (κ3) is 5.86. The lowest BCUT2D eigenvalue weighted by Gasteiger charge is -2.29. The van der Waals surface area contributed by atoms with Crippen LogP contribution in [0.25, 0.3) is 0 Å². The van der Waals surface area contributed by atoms with Gasteiger partial charge >= 0.3 is 6.18 Å². The summed E-state index contributed by atoms with van der Waals surface area (Å²) >= 11 is 0. The third-order valence-electron chi connectivity index (χ3n) is 4.82. The summed E-state index contributed by atoms with van der Waals surface area (Å²) in [5, 5.41) is 0. The van der Waals surface area contributed by atoms with Gasteiger partial charge in [0.1, 0.15) is 11.5 Å². The second-order valence-electron chi connectivity index (χ2n) is 7.67. The Morgan fingerprint density at radius 2 is 1.72 bits per heavy atom. The second-order valence-corrected chi connectivity index (χ2v) is 11.3. The smallest absolute Gasteiger partial charge is 0.416 e. The van der Waals surface area contributed by atoms with Crippen molar-refractivity contribution < 1.29 is 27.3 Å². The van der Waals surface area contributed by atoms with Crippen molar-refractivity contribution in [3.63, 3.8) is 0 Å². The van der Waals surface area contributed by atoms with Gasteiger partial charge in [0.05, 0.1) is 12.7 Å². The van der Waals surface area contributed by atoms with E-state index in [2.05, 4.69) is 0 Å². The number of alkyl halides is 3. The molecule has 156 valence electrons.